The molecule has 34 heavy (non-hydrogen) atoms. The molecule has 0 aliphatic heterocycles. The zero-order chi connectivity index (χ0) is 24.6. The Labute approximate surface area is 204 Å². The van der Waals surface area contributed by atoms with Gasteiger partial charge in [0.25, 0.3) is 0 Å². The molecule has 0 saturated carbocycles. The molecule has 3 aromatic rings. The predicted octanol–water partition coefficient (Wildman–Crippen LogP) is 5.90. The van der Waals surface area contributed by atoms with Crippen molar-refractivity contribution >= 4 is 17.7 Å². The molecule has 7 heteroatoms. The fraction of sp³-hybridized carbons (Fsp3) is 0.407. The summed E-state index contributed by atoms with van der Waals surface area (Å²) in [6, 6.07) is 15.8. The molecule has 182 valence electrons. The number of aromatic nitrogens is 3. The largest absolute Gasteiger partial charge is 0.477 e. The van der Waals surface area contributed by atoms with Gasteiger partial charge in [-0.3, -0.25) is 10.4 Å². The van der Waals surface area contributed by atoms with Crippen LogP contribution in [0.1, 0.15) is 57.6 Å². The summed E-state index contributed by atoms with van der Waals surface area (Å²) in [7, 11) is 0. The lowest BCUT2D eigenvalue weighted by Gasteiger charge is -2.23. The summed E-state index contributed by atoms with van der Waals surface area (Å²) in [4.78, 5) is 15.9. The van der Waals surface area contributed by atoms with Crippen molar-refractivity contribution in [3.8, 4) is 5.88 Å². The molecule has 2 aromatic heterocycles. The summed E-state index contributed by atoms with van der Waals surface area (Å²) in [6.45, 7) is 12.7. The highest BCUT2D eigenvalue weighted by molar-refractivity contribution is 5.76. The summed E-state index contributed by atoms with van der Waals surface area (Å²) in [5, 5.41) is 4.33. The second kappa shape index (κ2) is 15.4. The Bertz CT molecular complexity index is 987. The smallest absolute Gasteiger partial charge is 0.219 e. The lowest BCUT2D eigenvalue weighted by Crippen LogP contribution is -2.26. The highest BCUT2D eigenvalue weighted by Crippen LogP contribution is 2.19. The van der Waals surface area contributed by atoms with Gasteiger partial charge in [-0.1, -0.05) is 45.9 Å². The van der Waals surface area contributed by atoms with Gasteiger partial charge in [0.2, 0.25) is 5.88 Å². The second-order valence-corrected chi connectivity index (χ2v) is 7.57. The molecule has 0 bridgehead atoms. The summed E-state index contributed by atoms with van der Waals surface area (Å²) < 4.78 is 5.98. The van der Waals surface area contributed by atoms with Crippen LogP contribution >= 0.6 is 0 Å². The van der Waals surface area contributed by atoms with Gasteiger partial charge < -0.3 is 9.64 Å². The van der Waals surface area contributed by atoms with Crippen LogP contribution in [0.4, 0.5) is 11.5 Å². The summed E-state index contributed by atoms with van der Waals surface area (Å²) in [5.41, 5.74) is 6.12. The van der Waals surface area contributed by atoms with E-state index >= 15 is 0 Å². The van der Waals surface area contributed by atoms with E-state index < -0.39 is 0 Å². The molecule has 7 nitrogen and oxygen atoms in total. The van der Waals surface area contributed by atoms with Crippen molar-refractivity contribution in [2.24, 2.45) is 5.10 Å². The first kappa shape index (κ1) is 26.8. The standard InChI is InChI=1S/C25H32N6O.C2H6/c1-4-14-31(15-5-2)24-18-25(32-16-12-21-10-6-7-13-26-21)29-23(28-24)19-27-30-22-11-8-9-20(3)17-22;1-2/h6-11,13,17-19,30H,4-5,12,14-16H2,1-3H3;1-2H3/b27-19+;. The molecule has 2 heterocycles. The van der Waals surface area contributed by atoms with E-state index in [9.17, 15) is 0 Å². The molecule has 1 aromatic carbocycles. The van der Waals surface area contributed by atoms with Crippen LogP contribution in [0.2, 0.25) is 0 Å². The molecule has 0 unspecified atom stereocenters. The number of anilines is 2. The second-order valence-electron chi connectivity index (χ2n) is 7.57. The number of pyridine rings is 1. The van der Waals surface area contributed by atoms with Crippen LogP contribution < -0.4 is 15.1 Å². The van der Waals surface area contributed by atoms with Gasteiger partial charge in [0.05, 0.1) is 18.5 Å². The maximum atomic E-state index is 5.98. The van der Waals surface area contributed by atoms with Gasteiger partial charge in [-0.15, -0.1) is 0 Å². The summed E-state index contributed by atoms with van der Waals surface area (Å²) in [5.74, 6) is 1.90. The fourth-order valence-corrected chi connectivity index (χ4v) is 3.29. The zero-order valence-electron chi connectivity index (χ0n) is 21.2. The number of nitrogens with zero attached hydrogens (tertiary/aromatic N) is 5. The first-order chi connectivity index (χ1) is 16.7. The molecular weight excluding hydrogens is 424 g/mol. The molecule has 0 radical (unpaired) electrons. The number of nitrogens with one attached hydrogen (secondary N) is 1. The van der Waals surface area contributed by atoms with Crippen molar-refractivity contribution in [3.05, 3.63) is 71.8 Å². The number of rotatable bonds is 12. The molecular formula is C27H38N6O. The lowest BCUT2D eigenvalue weighted by molar-refractivity contribution is 0.307. The Hall–Kier alpha value is -3.48. The highest BCUT2D eigenvalue weighted by atomic mass is 16.5. The van der Waals surface area contributed by atoms with Crippen LogP contribution in [0.3, 0.4) is 0 Å². The van der Waals surface area contributed by atoms with Crippen LogP contribution in [-0.2, 0) is 6.42 Å². The maximum Gasteiger partial charge on any atom is 0.219 e. The topological polar surface area (TPSA) is 75.5 Å². The SMILES string of the molecule is CC.CCCN(CCC)c1cc(OCCc2ccccn2)nc(/C=N/Nc2cccc(C)c2)n1. The van der Waals surface area contributed by atoms with E-state index in [0.29, 0.717) is 24.7 Å². The van der Waals surface area contributed by atoms with Crippen LogP contribution in [-0.4, -0.2) is 40.9 Å². The third-order valence-corrected chi connectivity index (χ3v) is 4.74. The molecule has 0 spiro atoms. The molecule has 0 saturated heterocycles. The number of hydrogen-bond acceptors (Lipinski definition) is 7. The van der Waals surface area contributed by atoms with Crippen molar-refractivity contribution in [2.45, 2.75) is 53.9 Å². The lowest BCUT2D eigenvalue weighted by atomic mass is 10.2. The van der Waals surface area contributed by atoms with Gasteiger partial charge in [0.1, 0.15) is 5.82 Å². The number of ether oxygens (including phenoxy) is 1. The minimum Gasteiger partial charge on any atom is -0.477 e. The number of aryl methyl sites for hydroxylation is 1. The summed E-state index contributed by atoms with van der Waals surface area (Å²) in [6.07, 6.45) is 6.22. The van der Waals surface area contributed by atoms with Gasteiger partial charge in [-0.05, 0) is 49.6 Å². The minimum absolute atomic E-state index is 0.493. The molecule has 1 N–H and O–H groups in total. The Kier molecular flexibility index (Phi) is 12.1. The Morgan fingerprint density at radius 3 is 2.47 bits per heavy atom. The van der Waals surface area contributed by atoms with Crippen molar-refractivity contribution in [2.75, 3.05) is 30.0 Å². The zero-order valence-corrected chi connectivity index (χ0v) is 21.2. The van der Waals surface area contributed by atoms with E-state index in [1.807, 2.05) is 69.3 Å². The van der Waals surface area contributed by atoms with Gasteiger partial charge in [0, 0.05) is 37.5 Å². The molecule has 0 atom stereocenters. The minimum atomic E-state index is 0.493. The molecule has 3 rings (SSSR count). The Balaban J connectivity index is 0.00000199. The third-order valence-electron chi connectivity index (χ3n) is 4.74. The molecule has 0 amide bonds. The van der Waals surface area contributed by atoms with E-state index in [0.717, 1.165) is 43.1 Å². The first-order valence-electron chi connectivity index (χ1n) is 12.2. The average Bonchev–Trinajstić information content (AvgIpc) is 2.86. The van der Waals surface area contributed by atoms with Gasteiger partial charge >= 0.3 is 0 Å². The van der Waals surface area contributed by atoms with Gasteiger partial charge in [-0.25, -0.2) is 4.98 Å². The normalized spacial score (nSPS) is 10.5. The molecule has 0 fully saturated rings. The van der Waals surface area contributed by atoms with E-state index in [1.165, 1.54) is 5.56 Å². The van der Waals surface area contributed by atoms with E-state index in [4.69, 9.17) is 9.72 Å². The number of benzene rings is 1. The first-order valence-corrected chi connectivity index (χ1v) is 12.2. The van der Waals surface area contributed by atoms with Crippen molar-refractivity contribution in [3.63, 3.8) is 0 Å². The van der Waals surface area contributed by atoms with E-state index in [-0.39, 0.29) is 0 Å². The summed E-state index contributed by atoms with van der Waals surface area (Å²) >= 11 is 0. The molecule has 0 aliphatic rings. The highest BCUT2D eigenvalue weighted by Gasteiger charge is 2.11. The van der Waals surface area contributed by atoms with Gasteiger partial charge in [-0.2, -0.15) is 10.1 Å². The third kappa shape index (κ3) is 9.17. The Morgan fingerprint density at radius 1 is 1.00 bits per heavy atom. The van der Waals surface area contributed by atoms with Crippen molar-refractivity contribution in [1.82, 2.24) is 15.0 Å². The van der Waals surface area contributed by atoms with Crippen LogP contribution in [0, 0.1) is 6.92 Å². The quantitative estimate of drug-likeness (QED) is 0.267. The maximum absolute atomic E-state index is 5.98. The predicted molar refractivity (Wildman–Crippen MR) is 142 cm³/mol. The monoisotopic (exact) mass is 462 g/mol. The van der Waals surface area contributed by atoms with Crippen molar-refractivity contribution in [1.29, 1.82) is 0 Å². The van der Waals surface area contributed by atoms with Crippen LogP contribution in [0.25, 0.3) is 0 Å². The van der Waals surface area contributed by atoms with E-state index in [2.05, 4.69) is 39.2 Å². The van der Waals surface area contributed by atoms with Crippen LogP contribution in [0.15, 0.2) is 59.8 Å². The number of hydrogen-bond donors (Lipinski definition) is 1. The Morgan fingerprint density at radius 2 is 1.79 bits per heavy atom. The van der Waals surface area contributed by atoms with Crippen molar-refractivity contribution < 1.29 is 4.74 Å². The average molecular weight is 463 g/mol. The van der Waals surface area contributed by atoms with Gasteiger partial charge in [0.15, 0.2) is 5.82 Å². The molecule has 0 aliphatic carbocycles. The van der Waals surface area contributed by atoms with E-state index in [1.54, 1.807) is 12.4 Å². The van der Waals surface area contributed by atoms with Crippen LogP contribution in [0.5, 0.6) is 5.88 Å². The number of hydrazone groups is 1. The fourth-order valence-electron chi connectivity index (χ4n) is 3.29.